The van der Waals surface area contributed by atoms with Gasteiger partial charge in [0.05, 0.1) is 0 Å². The number of carbonyl (C=O) groups excluding carboxylic acids is 1. The van der Waals surface area contributed by atoms with Crippen LogP contribution in [-0.2, 0) is 13.0 Å². The van der Waals surface area contributed by atoms with E-state index in [1.54, 1.807) is 0 Å². The molecule has 1 fully saturated rings. The van der Waals surface area contributed by atoms with Gasteiger partial charge < -0.3 is 10.6 Å². The predicted octanol–water partition coefficient (Wildman–Crippen LogP) is 3.03. The van der Waals surface area contributed by atoms with E-state index in [0.717, 1.165) is 25.1 Å². The summed E-state index contributed by atoms with van der Waals surface area (Å²) in [6.07, 6.45) is 7.47. The van der Waals surface area contributed by atoms with Crippen molar-refractivity contribution in [3.05, 3.63) is 34.9 Å². The van der Waals surface area contributed by atoms with Crippen molar-refractivity contribution in [3.63, 3.8) is 0 Å². The molecular weight excluding hydrogens is 260 g/mol. The molecule has 21 heavy (non-hydrogen) atoms. The number of rotatable bonds is 3. The van der Waals surface area contributed by atoms with Crippen LogP contribution in [0.5, 0.6) is 0 Å². The molecule has 0 spiro atoms. The molecule has 1 aliphatic carbocycles. The Hall–Kier alpha value is -1.35. The van der Waals surface area contributed by atoms with E-state index in [9.17, 15) is 4.79 Å². The highest BCUT2D eigenvalue weighted by Crippen LogP contribution is 2.27. The molecule has 1 aromatic rings. The van der Waals surface area contributed by atoms with Crippen LogP contribution in [0.2, 0.25) is 0 Å². The molecule has 0 radical (unpaired) electrons. The summed E-state index contributed by atoms with van der Waals surface area (Å²) in [4.78, 5) is 12.6. The van der Waals surface area contributed by atoms with Crippen molar-refractivity contribution in [2.24, 2.45) is 5.92 Å². The van der Waals surface area contributed by atoms with E-state index < -0.39 is 0 Å². The van der Waals surface area contributed by atoms with Gasteiger partial charge in [0, 0.05) is 18.2 Å². The molecule has 1 aliphatic heterocycles. The lowest BCUT2D eigenvalue weighted by Gasteiger charge is -2.29. The lowest BCUT2D eigenvalue weighted by Crippen LogP contribution is -2.39. The van der Waals surface area contributed by atoms with Crippen LogP contribution in [0, 0.1) is 5.92 Å². The van der Waals surface area contributed by atoms with Gasteiger partial charge in [0.15, 0.2) is 0 Å². The van der Waals surface area contributed by atoms with E-state index >= 15 is 0 Å². The van der Waals surface area contributed by atoms with Crippen molar-refractivity contribution in [2.75, 3.05) is 6.54 Å². The molecule has 1 atom stereocenters. The second kappa shape index (κ2) is 6.61. The topological polar surface area (TPSA) is 41.1 Å². The van der Waals surface area contributed by atoms with E-state index in [4.69, 9.17) is 0 Å². The number of nitrogens with one attached hydrogen (secondary N) is 2. The van der Waals surface area contributed by atoms with E-state index in [2.05, 4.69) is 23.6 Å². The molecule has 1 heterocycles. The smallest absolute Gasteiger partial charge is 0.251 e. The zero-order valence-corrected chi connectivity index (χ0v) is 13.0. The van der Waals surface area contributed by atoms with Crippen LogP contribution in [0.1, 0.15) is 60.5 Å². The van der Waals surface area contributed by atoms with E-state index in [1.165, 1.54) is 43.2 Å². The second-order valence-corrected chi connectivity index (χ2v) is 6.53. The lowest BCUT2D eigenvalue weighted by molar-refractivity contribution is 0.0918. The van der Waals surface area contributed by atoms with Gasteiger partial charge in [-0.1, -0.05) is 31.4 Å². The standard InChI is InChI=1S/C18H26N2O/c1-13(14-6-3-2-4-7-14)20-18(21)17-9-5-8-15-12-19-11-10-16(15)17/h5,8-9,13-14,19H,2-4,6-7,10-12H2,1H3,(H,20,21)/t13-/m1/s1. The minimum Gasteiger partial charge on any atom is -0.349 e. The summed E-state index contributed by atoms with van der Waals surface area (Å²) in [5, 5.41) is 6.62. The van der Waals surface area contributed by atoms with Crippen LogP contribution < -0.4 is 10.6 Å². The van der Waals surface area contributed by atoms with Gasteiger partial charge in [0.1, 0.15) is 0 Å². The van der Waals surface area contributed by atoms with Crippen molar-refractivity contribution < 1.29 is 4.79 Å². The molecule has 3 heteroatoms. The van der Waals surface area contributed by atoms with Crippen LogP contribution >= 0.6 is 0 Å². The Balaban J connectivity index is 1.70. The number of hydrogen-bond acceptors (Lipinski definition) is 2. The Morgan fingerprint density at radius 3 is 2.90 bits per heavy atom. The largest absolute Gasteiger partial charge is 0.349 e. The summed E-state index contributed by atoms with van der Waals surface area (Å²) in [7, 11) is 0. The first-order valence-electron chi connectivity index (χ1n) is 8.38. The number of fused-ring (bicyclic) bond motifs is 1. The fourth-order valence-electron chi connectivity index (χ4n) is 3.78. The van der Waals surface area contributed by atoms with Crippen molar-refractivity contribution in [3.8, 4) is 0 Å². The van der Waals surface area contributed by atoms with Crippen LogP contribution in [-0.4, -0.2) is 18.5 Å². The van der Waals surface area contributed by atoms with Crippen molar-refractivity contribution in [2.45, 2.75) is 58.0 Å². The molecule has 114 valence electrons. The fourth-order valence-corrected chi connectivity index (χ4v) is 3.78. The maximum atomic E-state index is 12.6. The Labute approximate surface area is 127 Å². The molecule has 1 amide bonds. The summed E-state index contributed by atoms with van der Waals surface area (Å²) in [5.74, 6) is 0.774. The van der Waals surface area contributed by atoms with Gasteiger partial charge >= 0.3 is 0 Å². The van der Waals surface area contributed by atoms with Gasteiger partial charge in [-0.3, -0.25) is 4.79 Å². The minimum absolute atomic E-state index is 0.117. The van der Waals surface area contributed by atoms with Crippen molar-refractivity contribution in [1.29, 1.82) is 0 Å². The molecule has 3 nitrogen and oxygen atoms in total. The number of hydrogen-bond donors (Lipinski definition) is 2. The number of carbonyl (C=O) groups is 1. The number of amides is 1. The van der Waals surface area contributed by atoms with E-state index in [-0.39, 0.29) is 11.9 Å². The Morgan fingerprint density at radius 2 is 2.10 bits per heavy atom. The summed E-state index contributed by atoms with van der Waals surface area (Å²) < 4.78 is 0. The third-order valence-electron chi connectivity index (χ3n) is 5.10. The fraction of sp³-hybridized carbons (Fsp3) is 0.611. The predicted molar refractivity (Wildman–Crippen MR) is 85.4 cm³/mol. The number of benzene rings is 1. The average molecular weight is 286 g/mol. The molecule has 3 rings (SSSR count). The second-order valence-electron chi connectivity index (χ2n) is 6.53. The zero-order valence-electron chi connectivity index (χ0n) is 13.0. The monoisotopic (exact) mass is 286 g/mol. The van der Waals surface area contributed by atoms with Gasteiger partial charge in [-0.05, 0) is 55.8 Å². The minimum atomic E-state index is 0.117. The Kier molecular flexibility index (Phi) is 4.59. The molecule has 2 aliphatic rings. The summed E-state index contributed by atoms with van der Waals surface area (Å²) in [6, 6.07) is 6.40. The van der Waals surface area contributed by atoms with Crippen LogP contribution in [0.25, 0.3) is 0 Å². The van der Waals surface area contributed by atoms with Gasteiger partial charge in [-0.2, -0.15) is 0 Å². The third-order valence-corrected chi connectivity index (χ3v) is 5.10. The SMILES string of the molecule is C[C@@H](NC(=O)c1cccc2c1CCNC2)C1CCCCC1. The quantitative estimate of drug-likeness (QED) is 0.896. The van der Waals surface area contributed by atoms with Crippen LogP contribution in [0.15, 0.2) is 18.2 Å². The van der Waals surface area contributed by atoms with Crippen molar-refractivity contribution in [1.82, 2.24) is 10.6 Å². The van der Waals surface area contributed by atoms with Crippen LogP contribution in [0.4, 0.5) is 0 Å². The highest BCUT2D eigenvalue weighted by molar-refractivity contribution is 5.96. The Morgan fingerprint density at radius 1 is 1.29 bits per heavy atom. The maximum Gasteiger partial charge on any atom is 0.251 e. The van der Waals surface area contributed by atoms with Gasteiger partial charge in [-0.25, -0.2) is 0 Å². The molecule has 1 aromatic carbocycles. The third kappa shape index (κ3) is 3.29. The lowest BCUT2D eigenvalue weighted by atomic mass is 9.84. The highest BCUT2D eigenvalue weighted by atomic mass is 16.1. The van der Waals surface area contributed by atoms with Crippen molar-refractivity contribution >= 4 is 5.91 Å². The Bertz CT molecular complexity index is 506. The molecular formula is C18H26N2O. The normalized spacial score (nSPS) is 20.6. The molecule has 0 aromatic heterocycles. The summed E-state index contributed by atoms with van der Waals surface area (Å²) in [5.41, 5.74) is 3.40. The average Bonchev–Trinajstić information content (AvgIpc) is 2.55. The van der Waals surface area contributed by atoms with Gasteiger partial charge in [-0.15, -0.1) is 0 Å². The summed E-state index contributed by atoms with van der Waals surface area (Å²) in [6.45, 7) is 4.02. The molecule has 0 bridgehead atoms. The first-order chi connectivity index (χ1) is 10.3. The van der Waals surface area contributed by atoms with Gasteiger partial charge in [0.25, 0.3) is 5.91 Å². The van der Waals surface area contributed by atoms with E-state index in [1.807, 2.05) is 12.1 Å². The highest BCUT2D eigenvalue weighted by Gasteiger charge is 2.23. The first-order valence-corrected chi connectivity index (χ1v) is 8.38. The van der Waals surface area contributed by atoms with Crippen LogP contribution in [0.3, 0.4) is 0 Å². The molecule has 2 N–H and O–H groups in total. The van der Waals surface area contributed by atoms with Gasteiger partial charge in [0.2, 0.25) is 0 Å². The summed E-state index contributed by atoms with van der Waals surface area (Å²) >= 11 is 0. The first kappa shape index (κ1) is 14.6. The maximum absolute atomic E-state index is 12.6. The molecule has 0 saturated heterocycles. The zero-order chi connectivity index (χ0) is 14.7. The van der Waals surface area contributed by atoms with E-state index in [0.29, 0.717) is 5.92 Å². The molecule has 0 unspecified atom stereocenters. The molecule has 1 saturated carbocycles.